The van der Waals surface area contributed by atoms with Crippen molar-refractivity contribution in [1.29, 1.82) is 5.26 Å². The van der Waals surface area contributed by atoms with E-state index in [1.807, 2.05) is 19.1 Å². The highest BCUT2D eigenvalue weighted by Crippen LogP contribution is 2.23. The third-order valence-electron chi connectivity index (χ3n) is 3.13. The van der Waals surface area contributed by atoms with Crippen molar-refractivity contribution in [3.05, 3.63) is 29.6 Å². The van der Waals surface area contributed by atoms with Gasteiger partial charge in [-0.05, 0) is 25.1 Å². The van der Waals surface area contributed by atoms with Crippen LogP contribution in [-0.2, 0) is 17.2 Å². The summed E-state index contributed by atoms with van der Waals surface area (Å²) in [6.45, 7) is 2.01. The Morgan fingerprint density at radius 1 is 1.55 bits per heavy atom. The molecule has 6 heteroatoms. The van der Waals surface area contributed by atoms with Crippen LogP contribution in [0.15, 0.2) is 18.2 Å². The van der Waals surface area contributed by atoms with Crippen LogP contribution in [0.1, 0.15) is 24.4 Å². The van der Waals surface area contributed by atoms with Crippen molar-refractivity contribution < 1.29 is 4.21 Å². The standard InChI is InChI=1S/C14H16ClN3OS/c1-10(9-20(2)19)18-13-7-11(8-16)3-4-12(13)17-14(18)5-6-15/h3-4,7,10H,5-6,9H2,1-2H3. The number of nitriles is 1. The van der Waals surface area contributed by atoms with Crippen molar-refractivity contribution in [1.82, 2.24) is 9.55 Å². The summed E-state index contributed by atoms with van der Waals surface area (Å²) in [6.07, 6.45) is 2.34. The summed E-state index contributed by atoms with van der Waals surface area (Å²) in [6, 6.07) is 7.62. The molecule has 0 N–H and O–H groups in total. The summed E-state index contributed by atoms with van der Waals surface area (Å²) < 4.78 is 13.5. The van der Waals surface area contributed by atoms with Crippen LogP contribution in [0.2, 0.25) is 0 Å². The zero-order chi connectivity index (χ0) is 14.7. The van der Waals surface area contributed by atoms with Gasteiger partial charge in [0, 0.05) is 41.2 Å². The number of imidazole rings is 1. The number of hydrogen-bond acceptors (Lipinski definition) is 3. The molecular weight excluding hydrogens is 294 g/mol. The number of halogens is 1. The first kappa shape index (κ1) is 15.0. The third-order valence-corrected chi connectivity index (χ3v) is 4.27. The number of benzene rings is 1. The zero-order valence-electron chi connectivity index (χ0n) is 11.5. The van der Waals surface area contributed by atoms with Gasteiger partial charge >= 0.3 is 0 Å². The molecule has 0 saturated heterocycles. The third kappa shape index (κ3) is 3.02. The lowest BCUT2D eigenvalue weighted by molar-refractivity contribution is 0.587. The molecule has 2 rings (SSSR count). The molecule has 0 amide bonds. The van der Waals surface area contributed by atoms with E-state index in [0.717, 1.165) is 16.9 Å². The monoisotopic (exact) mass is 309 g/mol. The van der Waals surface area contributed by atoms with Crippen LogP contribution in [0.3, 0.4) is 0 Å². The number of alkyl halides is 1. The molecule has 0 radical (unpaired) electrons. The molecule has 20 heavy (non-hydrogen) atoms. The summed E-state index contributed by atoms with van der Waals surface area (Å²) in [7, 11) is -0.889. The fraction of sp³-hybridized carbons (Fsp3) is 0.429. The summed E-state index contributed by atoms with van der Waals surface area (Å²) in [4.78, 5) is 4.58. The number of fused-ring (bicyclic) bond motifs is 1. The number of aromatic nitrogens is 2. The summed E-state index contributed by atoms with van der Waals surface area (Å²) in [5.41, 5.74) is 2.35. The average Bonchev–Trinajstić information content (AvgIpc) is 2.75. The van der Waals surface area contributed by atoms with E-state index >= 15 is 0 Å². The Kier molecular flexibility index (Phi) is 4.79. The molecule has 0 saturated carbocycles. The lowest BCUT2D eigenvalue weighted by atomic mass is 10.2. The van der Waals surface area contributed by atoms with Gasteiger partial charge in [-0.15, -0.1) is 11.6 Å². The minimum atomic E-state index is -0.889. The maximum Gasteiger partial charge on any atom is 0.111 e. The van der Waals surface area contributed by atoms with E-state index < -0.39 is 10.8 Å². The van der Waals surface area contributed by atoms with E-state index in [2.05, 4.69) is 15.6 Å². The maximum absolute atomic E-state index is 11.5. The summed E-state index contributed by atoms with van der Waals surface area (Å²) >= 11 is 5.84. The van der Waals surface area contributed by atoms with E-state index in [9.17, 15) is 4.21 Å². The molecule has 2 unspecified atom stereocenters. The van der Waals surface area contributed by atoms with Gasteiger partial charge in [0.2, 0.25) is 0 Å². The van der Waals surface area contributed by atoms with Gasteiger partial charge in [0.15, 0.2) is 0 Å². The predicted octanol–water partition coefficient (Wildman–Crippen LogP) is 2.63. The first-order valence-electron chi connectivity index (χ1n) is 6.33. The first-order chi connectivity index (χ1) is 9.56. The van der Waals surface area contributed by atoms with Gasteiger partial charge in [0.25, 0.3) is 0 Å². The molecule has 0 aliphatic rings. The van der Waals surface area contributed by atoms with E-state index in [1.54, 1.807) is 12.3 Å². The Morgan fingerprint density at radius 2 is 2.30 bits per heavy atom. The van der Waals surface area contributed by atoms with Crippen LogP contribution >= 0.6 is 11.6 Å². The van der Waals surface area contributed by atoms with Gasteiger partial charge in [0.05, 0.1) is 22.7 Å². The van der Waals surface area contributed by atoms with Crippen LogP contribution in [0.4, 0.5) is 0 Å². The highest BCUT2D eigenvalue weighted by molar-refractivity contribution is 7.84. The molecular formula is C14H16ClN3OS. The quantitative estimate of drug-likeness (QED) is 0.798. The molecule has 1 aromatic carbocycles. The summed E-state index contributed by atoms with van der Waals surface area (Å²) in [5, 5.41) is 9.03. The van der Waals surface area contributed by atoms with Crippen LogP contribution in [0.5, 0.6) is 0 Å². The molecule has 0 aliphatic carbocycles. The predicted molar refractivity (Wildman–Crippen MR) is 82.5 cm³/mol. The molecule has 0 bridgehead atoms. The number of aryl methyl sites for hydroxylation is 1. The molecule has 0 aliphatic heterocycles. The molecule has 1 aromatic heterocycles. The average molecular weight is 310 g/mol. The van der Waals surface area contributed by atoms with Crippen molar-refractivity contribution in [2.45, 2.75) is 19.4 Å². The first-order valence-corrected chi connectivity index (χ1v) is 8.60. The molecule has 1 heterocycles. The smallest absolute Gasteiger partial charge is 0.111 e. The normalized spacial score (nSPS) is 14.1. The number of nitrogens with zero attached hydrogens (tertiary/aromatic N) is 3. The van der Waals surface area contributed by atoms with Crippen LogP contribution in [-0.4, -0.2) is 31.6 Å². The van der Waals surface area contributed by atoms with E-state index in [1.165, 1.54) is 0 Å². The number of hydrogen-bond donors (Lipinski definition) is 0. The van der Waals surface area contributed by atoms with Gasteiger partial charge < -0.3 is 4.57 Å². The Balaban J connectivity index is 2.59. The van der Waals surface area contributed by atoms with Gasteiger partial charge in [-0.3, -0.25) is 4.21 Å². The molecule has 0 spiro atoms. The van der Waals surface area contributed by atoms with Crippen molar-refractivity contribution >= 4 is 33.4 Å². The van der Waals surface area contributed by atoms with Crippen LogP contribution < -0.4 is 0 Å². The lowest BCUT2D eigenvalue weighted by Gasteiger charge is -2.16. The minimum absolute atomic E-state index is 0.0537. The molecule has 0 fully saturated rings. The Hall–Kier alpha value is -1.38. The van der Waals surface area contributed by atoms with Gasteiger partial charge in [0.1, 0.15) is 5.82 Å². The summed E-state index contributed by atoms with van der Waals surface area (Å²) in [5.74, 6) is 1.91. The van der Waals surface area contributed by atoms with Crippen molar-refractivity contribution in [2.24, 2.45) is 0 Å². The maximum atomic E-state index is 11.5. The van der Waals surface area contributed by atoms with Gasteiger partial charge in [-0.1, -0.05) is 0 Å². The van der Waals surface area contributed by atoms with Gasteiger partial charge in [-0.2, -0.15) is 5.26 Å². The van der Waals surface area contributed by atoms with Crippen molar-refractivity contribution in [3.8, 4) is 6.07 Å². The Bertz CT molecular complexity index is 690. The fourth-order valence-electron chi connectivity index (χ4n) is 2.38. The SMILES string of the molecule is CC(CS(C)=O)n1c(CCCl)nc2ccc(C#N)cc21. The molecule has 4 nitrogen and oxygen atoms in total. The van der Waals surface area contributed by atoms with Crippen molar-refractivity contribution in [2.75, 3.05) is 17.9 Å². The highest BCUT2D eigenvalue weighted by atomic mass is 35.5. The van der Waals surface area contributed by atoms with Crippen LogP contribution in [0, 0.1) is 11.3 Å². The molecule has 2 atom stereocenters. The minimum Gasteiger partial charge on any atom is -0.324 e. The fourth-order valence-corrected chi connectivity index (χ4v) is 3.38. The second-order valence-corrected chi connectivity index (χ2v) is 6.60. The molecule has 106 valence electrons. The van der Waals surface area contributed by atoms with Crippen molar-refractivity contribution in [3.63, 3.8) is 0 Å². The molecule has 2 aromatic rings. The van der Waals surface area contributed by atoms with Crippen LogP contribution in [0.25, 0.3) is 11.0 Å². The zero-order valence-corrected chi connectivity index (χ0v) is 13.0. The van der Waals surface area contributed by atoms with E-state index in [0.29, 0.717) is 23.6 Å². The Morgan fingerprint density at radius 3 is 2.90 bits per heavy atom. The highest BCUT2D eigenvalue weighted by Gasteiger charge is 2.17. The number of rotatable bonds is 5. The largest absolute Gasteiger partial charge is 0.324 e. The Labute approximate surface area is 125 Å². The van der Waals surface area contributed by atoms with E-state index in [-0.39, 0.29) is 6.04 Å². The second-order valence-electron chi connectivity index (χ2n) is 4.74. The van der Waals surface area contributed by atoms with E-state index in [4.69, 9.17) is 16.9 Å². The second kappa shape index (κ2) is 6.38. The topological polar surface area (TPSA) is 58.7 Å². The lowest BCUT2D eigenvalue weighted by Crippen LogP contribution is -2.16. The van der Waals surface area contributed by atoms with Gasteiger partial charge in [-0.25, -0.2) is 4.98 Å².